The molecule has 0 aliphatic heterocycles. The summed E-state index contributed by atoms with van der Waals surface area (Å²) in [6.45, 7) is 12.4. The Bertz CT molecular complexity index is 469. The molecule has 0 saturated heterocycles. The van der Waals surface area contributed by atoms with Crippen molar-refractivity contribution in [2.75, 3.05) is 0 Å². The minimum absolute atomic E-state index is 0.399. The van der Waals surface area contributed by atoms with Crippen LogP contribution in [0.5, 0.6) is 5.75 Å². The third-order valence-corrected chi connectivity index (χ3v) is 3.52. The predicted octanol–water partition coefficient (Wildman–Crippen LogP) is 5.78. The number of allylic oxidation sites excluding steroid dienone is 2. The van der Waals surface area contributed by atoms with Gasteiger partial charge in [0.2, 0.25) is 0 Å². The van der Waals surface area contributed by atoms with Crippen molar-refractivity contribution in [1.82, 2.24) is 0 Å². The van der Waals surface area contributed by atoms with Crippen molar-refractivity contribution < 1.29 is 9.90 Å². The summed E-state index contributed by atoms with van der Waals surface area (Å²) in [6.07, 6.45) is 6.17. The van der Waals surface area contributed by atoms with Crippen LogP contribution in [0.15, 0.2) is 29.8 Å². The van der Waals surface area contributed by atoms with Crippen LogP contribution < -0.4 is 0 Å². The number of aromatic hydroxyl groups is 1. The number of benzene rings is 1. The monoisotopic (exact) mass is 304 g/mol. The van der Waals surface area contributed by atoms with E-state index in [1.165, 1.54) is 5.57 Å². The number of carbonyl (C=O) groups is 1. The van der Waals surface area contributed by atoms with Gasteiger partial charge in [-0.05, 0) is 62.6 Å². The Hall–Kier alpha value is -1.57. The van der Waals surface area contributed by atoms with E-state index < -0.39 is 0 Å². The molecule has 1 atom stereocenters. The van der Waals surface area contributed by atoms with E-state index in [-0.39, 0.29) is 0 Å². The fourth-order valence-electron chi connectivity index (χ4n) is 2.08. The van der Waals surface area contributed by atoms with Crippen molar-refractivity contribution in [2.45, 2.75) is 66.7 Å². The first-order valence-electron chi connectivity index (χ1n) is 8.14. The van der Waals surface area contributed by atoms with Gasteiger partial charge in [-0.15, -0.1) is 0 Å². The van der Waals surface area contributed by atoms with Crippen LogP contribution in [-0.2, 0) is 4.79 Å². The third kappa shape index (κ3) is 9.38. The maximum atomic E-state index is 10.1. The number of aryl methyl sites for hydroxylation is 1. The van der Waals surface area contributed by atoms with E-state index in [0.717, 1.165) is 30.3 Å². The van der Waals surface area contributed by atoms with E-state index in [2.05, 4.69) is 40.7 Å². The number of hydrogen-bond donors (Lipinski definition) is 1. The Morgan fingerprint density at radius 3 is 2.32 bits per heavy atom. The highest BCUT2D eigenvalue weighted by atomic mass is 16.3. The van der Waals surface area contributed by atoms with Gasteiger partial charge in [0.25, 0.3) is 0 Å². The second-order valence-electron chi connectivity index (χ2n) is 6.58. The zero-order valence-electron chi connectivity index (χ0n) is 15.0. The van der Waals surface area contributed by atoms with Crippen LogP contribution in [0, 0.1) is 12.8 Å². The molecule has 0 aliphatic rings. The van der Waals surface area contributed by atoms with Crippen LogP contribution in [0.2, 0.25) is 0 Å². The molecule has 1 aromatic carbocycles. The molecule has 0 aromatic heterocycles. The van der Waals surface area contributed by atoms with Crippen molar-refractivity contribution in [3.8, 4) is 5.75 Å². The maximum absolute atomic E-state index is 10.1. The molecule has 2 nitrogen and oxygen atoms in total. The third-order valence-electron chi connectivity index (χ3n) is 3.52. The van der Waals surface area contributed by atoms with Crippen molar-refractivity contribution in [3.05, 3.63) is 41.0 Å². The fraction of sp³-hybridized carbons (Fsp3) is 0.550. The second-order valence-corrected chi connectivity index (χ2v) is 6.58. The normalized spacial score (nSPS) is 11.4. The van der Waals surface area contributed by atoms with Crippen LogP contribution in [-0.4, -0.2) is 11.4 Å². The number of phenols is 1. The van der Waals surface area contributed by atoms with Gasteiger partial charge < -0.3 is 9.90 Å². The Kier molecular flexibility index (Phi) is 10.3. The molecule has 1 N–H and O–H groups in total. The zero-order chi connectivity index (χ0) is 17.1. The summed E-state index contributed by atoms with van der Waals surface area (Å²) in [7, 11) is 0. The average Bonchev–Trinajstić information content (AvgIpc) is 2.38. The van der Waals surface area contributed by atoms with Crippen molar-refractivity contribution >= 4 is 6.29 Å². The molecule has 0 radical (unpaired) electrons. The molecule has 1 unspecified atom stereocenters. The molecule has 1 aromatic rings. The number of hydrogen-bond acceptors (Lipinski definition) is 2. The molecular weight excluding hydrogens is 272 g/mol. The number of phenolic OH excluding ortho intramolecular Hbond substituents is 1. The first-order valence-corrected chi connectivity index (χ1v) is 8.14. The molecule has 0 aliphatic carbocycles. The summed E-state index contributed by atoms with van der Waals surface area (Å²) in [5.74, 6) is 1.36. The summed E-state index contributed by atoms with van der Waals surface area (Å²) in [4.78, 5) is 10.1. The minimum Gasteiger partial charge on any atom is -0.508 e. The van der Waals surface area contributed by atoms with Crippen molar-refractivity contribution in [2.24, 2.45) is 5.92 Å². The van der Waals surface area contributed by atoms with Crippen LogP contribution in [0.4, 0.5) is 0 Å². The number of aldehydes is 1. The molecule has 0 fully saturated rings. The molecule has 0 amide bonds. The number of carbonyl (C=O) groups excluding carboxylic acids is 1. The van der Waals surface area contributed by atoms with E-state index in [1.807, 2.05) is 19.1 Å². The van der Waals surface area contributed by atoms with Gasteiger partial charge in [0.1, 0.15) is 12.0 Å². The average molecular weight is 304 g/mol. The Morgan fingerprint density at radius 1 is 1.23 bits per heavy atom. The smallest absolute Gasteiger partial charge is 0.120 e. The van der Waals surface area contributed by atoms with Crippen LogP contribution in [0.1, 0.15) is 70.9 Å². The molecule has 0 bridgehead atoms. The first kappa shape index (κ1) is 20.4. The molecule has 0 saturated carbocycles. The highest BCUT2D eigenvalue weighted by Crippen LogP contribution is 2.25. The molecule has 2 heteroatoms. The van der Waals surface area contributed by atoms with Gasteiger partial charge in [0.05, 0.1) is 0 Å². The molecule has 124 valence electrons. The lowest BCUT2D eigenvalue weighted by Crippen LogP contribution is -1.93. The zero-order valence-corrected chi connectivity index (χ0v) is 15.0. The van der Waals surface area contributed by atoms with E-state index in [4.69, 9.17) is 0 Å². The lowest BCUT2D eigenvalue weighted by molar-refractivity contribution is -0.108. The second kappa shape index (κ2) is 11.1. The van der Waals surface area contributed by atoms with Crippen LogP contribution in [0.3, 0.4) is 0 Å². The maximum Gasteiger partial charge on any atom is 0.120 e. The van der Waals surface area contributed by atoms with Crippen LogP contribution in [0.25, 0.3) is 0 Å². The summed E-state index contributed by atoms with van der Waals surface area (Å²) in [6, 6.07) is 5.81. The van der Waals surface area contributed by atoms with Gasteiger partial charge >= 0.3 is 0 Å². The molecular formula is C20H32O2. The van der Waals surface area contributed by atoms with Crippen molar-refractivity contribution in [1.29, 1.82) is 0 Å². The largest absolute Gasteiger partial charge is 0.508 e. The van der Waals surface area contributed by atoms with E-state index in [0.29, 0.717) is 24.0 Å². The fourth-order valence-corrected chi connectivity index (χ4v) is 2.08. The molecule has 0 spiro atoms. The topological polar surface area (TPSA) is 37.3 Å². The summed E-state index contributed by atoms with van der Waals surface area (Å²) >= 11 is 0. The van der Waals surface area contributed by atoms with Gasteiger partial charge in [-0.25, -0.2) is 0 Å². The van der Waals surface area contributed by atoms with E-state index in [9.17, 15) is 9.90 Å². The Labute approximate surface area is 136 Å². The standard InChI is InChI=1S/C10H14O.C10H18O/c1-7(2)9-5-4-8(3)6-10(9)11;1-9(2)5-4-6-10(3)7-8-11/h4-7,11H,1-3H3;5,8,10H,4,6-7H2,1-3H3. The van der Waals surface area contributed by atoms with Gasteiger partial charge in [-0.2, -0.15) is 0 Å². The van der Waals surface area contributed by atoms with Gasteiger partial charge in [0, 0.05) is 6.42 Å². The van der Waals surface area contributed by atoms with E-state index >= 15 is 0 Å². The lowest BCUT2D eigenvalue weighted by Gasteiger charge is -2.07. The summed E-state index contributed by atoms with van der Waals surface area (Å²) in [5, 5.41) is 9.46. The van der Waals surface area contributed by atoms with E-state index in [1.54, 1.807) is 6.07 Å². The first-order chi connectivity index (χ1) is 10.3. The van der Waals surface area contributed by atoms with Gasteiger partial charge in [-0.1, -0.05) is 44.6 Å². The minimum atomic E-state index is 0.399. The molecule has 1 rings (SSSR count). The summed E-state index contributed by atoms with van der Waals surface area (Å²) in [5.41, 5.74) is 3.49. The number of rotatable bonds is 6. The Balaban J connectivity index is 0.000000401. The molecule has 0 heterocycles. The van der Waals surface area contributed by atoms with Crippen molar-refractivity contribution in [3.63, 3.8) is 0 Å². The Morgan fingerprint density at radius 2 is 1.86 bits per heavy atom. The lowest BCUT2D eigenvalue weighted by atomic mass is 10.0. The van der Waals surface area contributed by atoms with Gasteiger partial charge in [-0.3, -0.25) is 0 Å². The highest BCUT2D eigenvalue weighted by Gasteiger charge is 2.04. The highest BCUT2D eigenvalue weighted by molar-refractivity contribution is 5.49. The predicted molar refractivity (Wildman–Crippen MR) is 95.4 cm³/mol. The van der Waals surface area contributed by atoms with Crippen LogP contribution >= 0.6 is 0 Å². The van der Waals surface area contributed by atoms with Gasteiger partial charge in [0.15, 0.2) is 0 Å². The molecule has 22 heavy (non-hydrogen) atoms. The SMILES string of the molecule is CC(C)=CCCC(C)CC=O.Cc1ccc(C(C)C)c(O)c1. The quantitative estimate of drug-likeness (QED) is 0.534. The summed E-state index contributed by atoms with van der Waals surface area (Å²) < 4.78 is 0.